The van der Waals surface area contributed by atoms with E-state index in [2.05, 4.69) is 15.6 Å². The number of nitrogens with two attached hydrogens (primary N) is 1. The molecule has 2 aromatic carbocycles. The molecule has 0 spiro atoms. The van der Waals surface area contributed by atoms with Gasteiger partial charge in [0.2, 0.25) is 0 Å². The van der Waals surface area contributed by atoms with Gasteiger partial charge in [0.05, 0.1) is 5.69 Å². The van der Waals surface area contributed by atoms with Crippen molar-refractivity contribution in [3.63, 3.8) is 0 Å². The molecule has 1 amide bonds. The number of benzene rings is 2. The molecule has 1 unspecified atom stereocenters. The van der Waals surface area contributed by atoms with Crippen LogP contribution in [0.4, 0.5) is 30.5 Å². The number of alkyl halides is 2. The molecule has 0 fully saturated rings. The van der Waals surface area contributed by atoms with Crippen LogP contribution in [0.1, 0.15) is 34.7 Å². The molecule has 2 heterocycles. The van der Waals surface area contributed by atoms with Gasteiger partial charge in [0, 0.05) is 18.7 Å². The van der Waals surface area contributed by atoms with Gasteiger partial charge in [0.1, 0.15) is 40.5 Å². The van der Waals surface area contributed by atoms with E-state index in [1.165, 1.54) is 47.1 Å². The molecule has 4 rings (SSSR count). The zero-order valence-electron chi connectivity index (χ0n) is 20.8. The summed E-state index contributed by atoms with van der Waals surface area (Å²) in [5.41, 5.74) is 6.21. The molecule has 0 aliphatic heterocycles. The third-order valence-corrected chi connectivity index (χ3v) is 6.53. The fraction of sp³-hybridized carbons (Fsp3) is 0.208. The Morgan fingerprint density at radius 3 is 2.44 bits per heavy atom. The summed E-state index contributed by atoms with van der Waals surface area (Å²) in [7, 11) is -3.50. The lowest BCUT2D eigenvalue weighted by molar-refractivity contribution is 0.100. The first-order chi connectivity index (χ1) is 18.4. The number of anilines is 3. The predicted molar refractivity (Wildman–Crippen MR) is 136 cm³/mol. The maximum Gasteiger partial charge on any atom is 0.355 e. The number of hydrogen-bond donors (Lipinski definition) is 3. The van der Waals surface area contributed by atoms with Crippen molar-refractivity contribution >= 4 is 33.3 Å². The first kappa shape index (κ1) is 27.5. The van der Waals surface area contributed by atoms with Crippen molar-refractivity contribution in [3.05, 3.63) is 71.2 Å². The van der Waals surface area contributed by atoms with Crippen molar-refractivity contribution in [2.24, 2.45) is 12.8 Å². The number of nitrogens with one attached hydrogen (secondary N) is 2. The Morgan fingerprint density at radius 2 is 1.85 bits per heavy atom. The van der Waals surface area contributed by atoms with Crippen LogP contribution >= 0.6 is 0 Å². The van der Waals surface area contributed by atoms with E-state index in [0.29, 0.717) is 17.1 Å². The number of sulfonamides is 1. The number of carbonyl (C=O) groups is 1. The molecule has 4 aromatic rings. The Morgan fingerprint density at radius 1 is 1.15 bits per heavy atom. The maximum absolute atomic E-state index is 13.4. The number of ether oxygens (including phenoxy) is 1. The van der Waals surface area contributed by atoms with Crippen LogP contribution in [0.15, 0.2) is 53.1 Å². The highest BCUT2D eigenvalue weighted by Crippen LogP contribution is 2.37. The lowest BCUT2D eigenvalue weighted by atomic mass is 10.1. The Labute approximate surface area is 220 Å². The Hall–Kier alpha value is -4.53. The van der Waals surface area contributed by atoms with Gasteiger partial charge in [-0.3, -0.25) is 14.2 Å². The van der Waals surface area contributed by atoms with E-state index >= 15 is 0 Å². The minimum absolute atomic E-state index is 0.0309. The molecule has 0 saturated carbocycles. The van der Waals surface area contributed by atoms with E-state index in [1.54, 1.807) is 27.0 Å². The molecular formula is C24H23F3N6O5S. The third-order valence-electron chi connectivity index (χ3n) is 5.55. The third kappa shape index (κ3) is 5.98. The highest BCUT2D eigenvalue weighted by molar-refractivity contribution is 7.93. The van der Waals surface area contributed by atoms with E-state index in [1.807, 2.05) is 4.72 Å². The van der Waals surface area contributed by atoms with Crippen LogP contribution < -0.4 is 20.5 Å². The van der Waals surface area contributed by atoms with Crippen LogP contribution in [0.2, 0.25) is 0 Å². The number of aromatic nitrogens is 3. The van der Waals surface area contributed by atoms with Gasteiger partial charge < -0.3 is 20.3 Å². The first-order valence-electron chi connectivity index (χ1n) is 11.3. The van der Waals surface area contributed by atoms with Gasteiger partial charge in [0.25, 0.3) is 15.9 Å². The van der Waals surface area contributed by atoms with Gasteiger partial charge >= 0.3 is 5.76 Å². The largest absolute Gasteiger partial charge is 0.484 e. The number of aryl methyl sites for hydroxylation is 2. The quantitative estimate of drug-likeness (QED) is 0.255. The molecule has 0 radical (unpaired) electrons. The summed E-state index contributed by atoms with van der Waals surface area (Å²) in [5.74, 6) is -4.18. The maximum atomic E-state index is 13.4. The van der Waals surface area contributed by atoms with Crippen LogP contribution in [0.5, 0.6) is 5.75 Å². The van der Waals surface area contributed by atoms with Crippen molar-refractivity contribution in [1.82, 2.24) is 14.9 Å². The number of hydrogen-bond acceptors (Lipinski definition) is 8. The van der Waals surface area contributed by atoms with Gasteiger partial charge in [-0.05, 0) is 43.7 Å². The lowest BCUT2D eigenvalue weighted by Gasteiger charge is -2.19. The molecule has 4 N–H and O–H groups in total. The van der Waals surface area contributed by atoms with Crippen LogP contribution in [0.25, 0.3) is 11.3 Å². The van der Waals surface area contributed by atoms with Crippen LogP contribution in [-0.4, -0.2) is 35.0 Å². The zero-order valence-corrected chi connectivity index (χ0v) is 21.6. The molecule has 39 heavy (non-hydrogen) atoms. The van der Waals surface area contributed by atoms with Crippen LogP contribution in [0, 0.1) is 12.7 Å². The number of amides is 1. The van der Waals surface area contributed by atoms with Crippen molar-refractivity contribution in [3.8, 4) is 17.0 Å². The number of rotatable bonds is 10. The Bertz CT molecular complexity index is 1620. The average molecular weight is 565 g/mol. The molecule has 11 nitrogen and oxygen atoms in total. The summed E-state index contributed by atoms with van der Waals surface area (Å²) in [4.78, 5) is 12.5. The molecule has 0 bridgehead atoms. The minimum Gasteiger partial charge on any atom is -0.484 e. The van der Waals surface area contributed by atoms with Crippen molar-refractivity contribution < 1.29 is 35.6 Å². The first-order valence-corrected chi connectivity index (χ1v) is 12.8. The number of halogens is 3. The van der Waals surface area contributed by atoms with Crippen molar-refractivity contribution in [1.29, 1.82) is 0 Å². The zero-order chi connectivity index (χ0) is 28.5. The fourth-order valence-corrected chi connectivity index (χ4v) is 4.26. The molecule has 0 aliphatic carbocycles. The summed E-state index contributed by atoms with van der Waals surface area (Å²) in [6.45, 7) is 3.28. The standard InChI is InChI=1S/C24H23F3N6O5S/c1-12-10-19(31-38-12)29-23-20(22(28)34)21(30-33(23)3)15-6-9-17(32-39(35,36)24(26)27)18(11-15)37-13(2)14-4-7-16(25)8-5-14/h4-11,13,24,32H,1-3H3,(H2,28,34)(H,29,31). The normalized spacial score (nSPS) is 12.4. The SMILES string of the molecule is Cc1cc(Nc2c(C(N)=O)c(-c3ccc(NS(=O)(=O)C(F)F)c(OC(C)c4ccc(F)cc4)c3)nn2C)no1. The van der Waals surface area contributed by atoms with Crippen molar-refractivity contribution in [2.45, 2.75) is 25.7 Å². The Kier molecular flexibility index (Phi) is 7.53. The fourth-order valence-electron chi connectivity index (χ4n) is 3.69. The number of carbonyl (C=O) groups excluding carboxylic acids is 1. The summed E-state index contributed by atoms with van der Waals surface area (Å²) in [5, 5.41) is 11.1. The molecule has 0 saturated heterocycles. The predicted octanol–water partition coefficient (Wildman–Crippen LogP) is 4.47. The molecule has 2 aromatic heterocycles. The summed E-state index contributed by atoms with van der Waals surface area (Å²) in [6, 6.07) is 10.8. The van der Waals surface area contributed by atoms with Crippen LogP contribution in [0.3, 0.4) is 0 Å². The molecule has 15 heteroatoms. The summed E-state index contributed by atoms with van der Waals surface area (Å²) < 4.78 is 77.5. The number of nitrogens with zero attached hydrogens (tertiary/aromatic N) is 3. The van der Waals surface area contributed by atoms with Crippen molar-refractivity contribution in [2.75, 3.05) is 10.0 Å². The van der Waals surface area contributed by atoms with E-state index in [-0.39, 0.29) is 34.1 Å². The van der Waals surface area contributed by atoms with E-state index in [4.69, 9.17) is 15.0 Å². The van der Waals surface area contributed by atoms with E-state index < -0.39 is 33.6 Å². The van der Waals surface area contributed by atoms with E-state index in [9.17, 15) is 26.4 Å². The van der Waals surface area contributed by atoms with Gasteiger partial charge in [-0.15, -0.1) is 0 Å². The smallest absolute Gasteiger partial charge is 0.355 e. The molecule has 0 aliphatic rings. The van der Waals surface area contributed by atoms with Crippen LogP contribution in [-0.2, 0) is 17.1 Å². The molecular weight excluding hydrogens is 541 g/mol. The second-order valence-corrected chi connectivity index (χ2v) is 10.1. The van der Waals surface area contributed by atoms with E-state index in [0.717, 1.165) is 0 Å². The lowest BCUT2D eigenvalue weighted by Crippen LogP contribution is -2.21. The van der Waals surface area contributed by atoms with Gasteiger partial charge in [-0.2, -0.15) is 13.9 Å². The summed E-state index contributed by atoms with van der Waals surface area (Å²) in [6.07, 6.45) is -0.761. The monoisotopic (exact) mass is 564 g/mol. The second kappa shape index (κ2) is 10.7. The molecule has 1 atom stereocenters. The highest BCUT2D eigenvalue weighted by Gasteiger charge is 2.28. The highest BCUT2D eigenvalue weighted by atomic mass is 32.2. The van der Waals surface area contributed by atoms with Gasteiger partial charge in [-0.1, -0.05) is 23.4 Å². The van der Waals surface area contributed by atoms with Gasteiger partial charge in [-0.25, -0.2) is 12.8 Å². The number of primary amides is 1. The molecule has 206 valence electrons. The summed E-state index contributed by atoms with van der Waals surface area (Å²) >= 11 is 0. The second-order valence-electron chi connectivity index (χ2n) is 8.44. The Balaban J connectivity index is 1.79. The minimum atomic E-state index is -5.05. The average Bonchev–Trinajstić information content (AvgIpc) is 3.42. The topological polar surface area (TPSA) is 154 Å². The van der Waals surface area contributed by atoms with Gasteiger partial charge in [0.15, 0.2) is 5.82 Å².